The van der Waals surface area contributed by atoms with Crippen molar-refractivity contribution < 1.29 is 0 Å². The lowest BCUT2D eigenvalue weighted by Gasteiger charge is -2.33. The van der Waals surface area contributed by atoms with Crippen LogP contribution >= 0.6 is 0 Å². The van der Waals surface area contributed by atoms with Gasteiger partial charge in [-0.1, -0.05) is 12.5 Å². The van der Waals surface area contributed by atoms with E-state index in [4.69, 9.17) is 0 Å². The van der Waals surface area contributed by atoms with E-state index in [1.807, 2.05) is 6.20 Å². The number of nitrogens with one attached hydrogen (secondary N) is 1. The minimum absolute atomic E-state index is 0.759. The molecule has 1 aromatic heterocycles. The van der Waals surface area contributed by atoms with Crippen LogP contribution in [0, 0.1) is 5.92 Å². The van der Waals surface area contributed by atoms with Crippen LogP contribution in [-0.4, -0.2) is 24.1 Å². The molecule has 2 aliphatic rings. The summed E-state index contributed by atoms with van der Waals surface area (Å²) in [5.74, 6) is 2.09. The number of rotatable bonds is 7. The SMILES string of the molecule is CCN(CC1CCC1)c1ncccc1CNC1CC1. The van der Waals surface area contributed by atoms with Crippen LogP contribution in [0.5, 0.6) is 0 Å². The van der Waals surface area contributed by atoms with Gasteiger partial charge in [0.2, 0.25) is 0 Å². The van der Waals surface area contributed by atoms with Crippen molar-refractivity contribution in [3.63, 3.8) is 0 Å². The molecular weight excluding hydrogens is 234 g/mol. The van der Waals surface area contributed by atoms with Crippen LogP contribution in [0.3, 0.4) is 0 Å². The minimum atomic E-state index is 0.759. The molecule has 2 fully saturated rings. The lowest BCUT2D eigenvalue weighted by atomic mass is 9.85. The van der Waals surface area contributed by atoms with Gasteiger partial charge in [0.15, 0.2) is 0 Å². The van der Waals surface area contributed by atoms with Crippen LogP contribution in [-0.2, 0) is 6.54 Å². The molecule has 2 saturated carbocycles. The summed E-state index contributed by atoms with van der Waals surface area (Å²) in [4.78, 5) is 7.11. The van der Waals surface area contributed by atoms with E-state index in [9.17, 15) is 0 Å². The van der Waals surface area contributed by atoms with Gasteiger partial charge in [0.05, 0.1) is 0 Å². The molecule has 0 aromatic carbocycles. The standard InChI is InChI=1S/C16H25N3/c1-2-19(12-13-5-3-6-13)16-14(7-4-10-17-16)11-18-15-8-9-15/h4,7,10,13,15,18H,2-3,5-6,8-9,11-12H2,1H3. The first kappa shape index (κ1) is 12.9. The molecular formula is C16H25N3. The number of hydrogen-bond donors (Lipinski definition) is 1. The molecule has 0 atom stereocenters. The first-order valence-corrected chi connectivity index (χ1v) is 7.79. The van der Waals surface area contributed by atoms with Gasteiger partial charge in [0, 0.05) is 37.4 Å². The monoisotopic (exact) mass is 259 g/mol. The molecule has 0 bridgehead atoms. The number of anilines is 1. The Labute approximate surface area is 116 Å². The second-order valence-corrected chi connectivity index (χ2v) is 5.98. The first-order chi connectivity index (χ1) is 9.36. The summed E-state index contributed by atoms with van der Waals surface area (Å²) in [6.07, 6.45) is 8.84. The Hall–Kier alpha value is -1.09. The molecule has 1 N–H and O–H groups in total. The summed E-state index contributed by atoms with van der Waals surface area (Å²) in [5.41, 5.74) is 1.36. The predicted molar refractivity (Wildman–Crippen MR) is 79.3 cm³/mol. The zero-order valence-electron chi connectivity index (χ0n) is 11.9. The fourth-order valence-corrected chi connectivity index (χ4v) is 2.75. The summed E-state index contributed by atoms with van der Waals surface area (Å²) >= 11 is 0. The van der Waals surface area contributed by atoms with Crippen LogP contribution in [0.4, 0.5) is 5.82 Å². The van der Waals surface area contributed by atoms with Gasteiger partial charge >= 0.3 is 0 Å². The Morgan fingerprint density at radius 2 is 2.16 bits per heavy atom. The van der Waals surface area contributed by atoms with E-state index in [0.29, 0.717) is 0 Å². The van der Waals surface area contributed by atoms with Crippen molar-refractivity contribution in [2.24, 2.45) is 5.92 Å². The van der Waals surface area contributed by atoms with E-state index in [-0.39, 0.29) is 0 Å². The van der Waals surface area contributed by atoms with Gasteiger partial charge in [-0.3, -0.25) is 0 Å². The Morgan fingerprint density at radius 1 is 1.32 bits per heavy atom. The van der Waals surface area contributed by atoms with Crippen LogP contribution in [0.2, 0.25) is 0 Å². The molecule has 0 amide bonds. The molecule has 3 rings (SSSR count). The van der Waals surface area contributed by atoms with Gasteiger partial charge in [-0.15, -0.1) is 0 Å². The van der Waals surface area contributed by atoms with Crippen molar-refractivity contribution in [1.82, 2.24) is 10.3 Å². The maximum absolute atomic E-state index is 4.65. The molecule has 1 aromatic rings. The minimum Gasteiger partial charge on any atom is -0.356 e. The van der Waals surface area contributed by atoms with Gasteiger partial charge < -0.3 is 10.2 Å². The molecule has 0 aliphatic heterocycles. The number of aromatic nitrogens is 1. The molecule has 0 saturated heterocycles. The third-order valence-corrected chi connectivity index (χ3v) is 4.41. The van der Waals surface area contributed by atoms with E-state index >= 15 is 0 Å². The molecule has 3 nitrogen and oxygen atoms in total. The quantitative estimate of drug-likeness (QED) is 0.816. The van der Waals surface area contributed by atoms with Crippen LogP contribution in [0.15, 0.2) is 18.3 Å². The molecule has 104 valence electrons. The summed E-state index contributed by atoms with van der Waals surface area (Å²) in [5, 5.41) is 3.61. The normalized spacial score (nSPS) is 19.2. The molecule has 2 aliphatic carbocycles. The Balaban J connectivity index is 1.68. The number of hydrogen-bond acceptors (Lipinski definition) is 3. The highest BCUT2D eigenvalue weighted by atomic mass is 15.2. The van der Waals surface area contributed by atoms with E-state index in [1.165, 1.54) is 50.0 Å². The topological polar surface area (TPSA) is 28.2 Å². The average molecular weight is 259 g/mol. The van der Waals surface area contributed by atoms with Crippen molar-refractivity contribution >= 4 is 5.82 Å². The maximum atomic E-state index is 4.65. The summed E-state index contributed by atoms with van der Waals surface area (Å²) < 4.78 is 0. The van der Waals surface area contributed by atoms with E-state index in [1.54, 1.807) is 0 Å². The lowest BCUT2D eigenvalue weighted by Crippen LogP contribution is -2.34. The molecule has 0 spiro atoms. The summed E-state index contributed by atoms with van der Waals surface area (Å²) in [6.45, 7) is 5.45. The van der Waals surface area contributed by atoms with Gasteiger partial charge in [-0.25, -0.2) is 4.98 Å². The maximum Gasteiger partial charge on any atom is 0.133 e. The van der Waals surface area contributed by atoms with Gasteiger partial charge in [0.1, 0.15) is 5.82 Å². The molecule has 19 heavy (non-hydrogen) atoms. The second kappa shape index (κ2) is 5.91. The van der Waals surface area contributed by atoms with Gasteiger partial charge in [-0.05, 0) is 44.6 Å². The van der Waals surface area contributed by atoms with E-state index in [0.717, 1.165) is 25.0 Å². The van der Waals surface area contributed by atoms with E-state index in [2.05, 4.69) is 34.3 Å². The van der Waals surface area contributed by atoms with Crippen LogP contribution < -0.4 is 10.2 Å². The molecule has 1 heterocycles. The molecule has 0 unspecified atom stereocenters. The lowest BCUT2D eigenvalue weighted by molar-refractivity contribution is 0.318. The highest BCUT2D eigenvalue weighted by Crippen LogP contribution is 2.29. The third kappa shape index (κ3) is 3.27. The smallest absolute Gasteiger partial charge is 0.133 e. The van der Waals surface area contributed by atoms with Crippen molar-refractivity contribution in [2.45, 2.75) is 51.6 Å². The summed E-state index contributed by atoms with van der Waals surface area (Å²) in [6, 6.07) is 5.04. The Bertz CT molecular complexity index is 410. The van der Waals surface area contributed by atoms with Crippen molar-refractivity contribution in [2.75, 3.05) is 18.0 Å². The average Bonchev–Trinajstić information content (AvgIpc) is 3.20. The van der Waals surface area contributed by atoms with Crippen molar-refractivity contribution in [3.05, 3.63) is 23.9 Å². The predicted octanol–water partition coefficient (Wildman–Crippen LogP) is 2.96. The summed E-state index contributed by atoms with van der Waals surface area (Å²) in [7, 11) is 0. The Kier molecular flexibility index (Phi) is 4.02. The van der Waals surface area contributed by atoms with Crippen molar-refractivity contribution in [3.8, 4) is 0 Å². The molecule has 3 heteroatoms. The van der Waals surface area contributed by atoms with Gasteiger partial charge in [0.25, 0.3) is 0 Å². The van der Waals surface area contributed by atoms with Gasteiger partial charge in [-0.2, -0.15) is 0 Å². The highest BCUT2D eigenvalue weighted by Gasteiger charge is 2.23. The number of nitrogens with zero attached hydrogens (tertiary/aromatic N) is 2. The second-order valence-electron chi connectivity index (χ2n) is 5.98. The highest BCUT2D eigenvalue weighted by molar-refractivity contribution is 5.46. The third-order valence-electron chi connectivity index (χ3n) is 4.41. The fourth-order valence-electron chi connectivity index (χ4n) is 2.75. The van der Waals surface area contributed by atoms with Crippen LogP contribution in [0.1, 0.15) is 44.6 Å². The number of pyridine rings is 1. The zero-order chi connectivity index (χ0) is 13.1. The fraction of sp³-hybridized carbons (Fsp3) is 0.688. The largest absolute Gasteiger partial charge is 0.356 e. The first-order valence-electron chi connectivity index (χ1n) is 7.79. The van der Waals surface area contributed by atoms with Crippen molar-refractivity contribution in [1.29, 1.82) is 0 Å². The zero-order valence-corrected chi connectivity index (χ0v) is 11.9. The molecule has 0 radical (unpaired) electrons. The van der Waals surface area contributed by atoms with E-state index < -0.39 is 0 Å². The van der Waals surface area contributed by atoms with Crippen LogP contribution in [0.25, 0.3) is 0 Å². The Morgan fingerprint density at radius 3 is 2.79 bits per heavy atom.